The van der Waals surface area contributed by atoms with Gasteiger partial charge in [0.05, 0.1) is 11.4 Å². The topological polar surface area (TPSA) is 92.8 Å². The average Bonchev–Trinajstić information content (AvgIpc) is 2.70. The Hall–Kier alpha value is -3.13. The van der Waals surface area contributed by atoms with E-state index in [2.05, 4.69) is 5.32 Å². The summed E-state index contributed by atoms with van der Waals surface area (Å²) in [5, 5.41) is 2.63. The third-order valence-electron chi connectivity index (χ3n) is 4.33. The smallest absolute Gasteiger partial charge is 0.326 e. The van der Waals surface area contributed by atoms with Crippen LogP contribution in [0, 0.1) is 0 Å². The van der Waals surface area contributed by atoms with Crippen molar-refractivity contribution in [3.05, 3.63) is 54.1 Å². The fourth-order valence-electron chi connectivity index (χ4n) is 2.78. The number of Topliss-reactive ketones (excluding diaryl/α,β-unsaturated/α-hetero) is 1. The minimum atomic E-state index is -1.04. The van der Waals surface area contributed by atoms with Gasteiger partial charge in [-0.05, 0) is 50.2 Å². The molecule has 0 fully saturated rings. The predicted octanol–water partition coefficient (Wildman–Crippen LogP) is 2.90. The van der Waals surface area contributed by atoms with Crippen molar-refractivity contribution in [2.75, 3.05) is 22.5 Å². The fourth-order valence-corrected chi connectivity index (χ4v) is 3.71. The molecule has 2 amide bonds. The highest BCUT2D eigenvalue weighted by Crippen LogP contribution is 2.34. The summed E-state index contributed by atoms with van der Waals surface area (Å²) in [7, 11) is 0. The van der Waals surface area contributed by atoms with Crippen LogP contribution in [0.5, 0.6) is 0 Å². The average molecular weight is 412 g/mol. The van der Waals surface area contributed by atoms with Gasteiger partial charge in [-0.15, -0.1) is 11.8 Å². The third kappa shape index (κ3) is 5.03. The number of amides is 2. The summed E-state index contributed by atoms with van der Waals surface area (Å²) >= 11 is 1.42. The predicted molar refractivity (Wildman–Crippen MR) is 110 cm³/mol. The number of ketones is 1. The summed E-state index contributed by atoms with van der Waals surface area (Å²) in [4.78, 5) is 50.4. The molecule has 0 saturated carbocycles. The molecule has 150 valence electrons. The molecular formula is C21H20N2O5S. The fraction of sp³-hybridized carbons (Fsp3) is 0.238. The SMILES string of the molecule is CC(=O)c1ccc(NC(=O)[C@@H](C)OC(=O)CN2C(=O)CSc3ccccc32)cc1. The van der Waals surface area contributed by atoms with Crippen LogP contribution in [0.1, 0.15) is 24.2 Å². The number of thioether (sulfide) groups is 1. The first-order valence-corrected chi connectivity index (χ1v) is 9.97. The molecule has 1 aliphatic rings. The van der Waals surface area contributed by atoms with Crippen molar-refractivity contribution in [1.82, 2.24) is 0 Å². The lowest BCUT2D eigenvalue weighted by Crippen LogP contribution is -2.41. The van der Waals surface area contributed by atoms with E-state index in [0.29, 0.717) is 16.9 Å². The summed E-state index contributed by atoms with van der Waals surface area (Å²) in [5.41, 5.74) is 1.68. The van der Waals surface area contributed by atoms with E-state index in [-0.39, 0.29) is 24.0 Å². The Morgan fingerprint density at radius 1 is 1.14 bits per heavy atom. The van der Waals surface area contributed by atoms with Crippen molar-refractivity contribution < 1.29 is 23.9 Å². The van der Waals surface area contributed by atoms with Gasteiger partial charge in [-0.1, -0.05) is 12.1 Å². The van der Waals surface area contributed by atoms with Crippen LogP contribution in [0.2, 0.25) is 0 Å². The van der Waals surface area contributed by atoms with Gasteiger partial charge >= 0.3 is 5.97 Å². The Kier molecular flexibility index (Phi) is 6.33. The molecule has 0 saturated heterocycles. The first kappa shape index (κ1) is 20.6. The molecule has 29 heavy (non-hydrogen) atoms. The molecule has 3 rings (SSSR count). The minimum absolute atomic E-state index is 0.0718. The maximum absolute atomic E-state index is 12.3. The first-order valence-electron chi connectivity index (χ1n) is 8.98. The maximum atomic E-state index is 12.3. The zero-order valence-electron chi connectivity index (χ0n) is 16.0. The van der Waals surface area contributed by atoms with E-state index in [4.69, 9.17) is 4.74 Å². The second-order valence-electron chi connectivity index (χ2n) is 6.49. The monoisotopic (exact) mass is 412 g/mol. The number of hydrogen-bond acceptors (Lipinski definition) is 6. The Morgan fingerprint density at radius 2 is 1.83 bits per heavy atom. The molecule has 1 aliphatic heterocycles. The highest BCUT2D eigenvalue weighted by atomic mass is 32.2. The van der Waals surface area contributed by atoms with Crippen LogP contribution < -0.4 is 10.2 Å². The van der Waals surface area contributed by atoms with Gasteiger partial charge in [0.15, 0.2) is 11.9 Å². The van der Waals surface area contributed by atoms with E-state index in [1.807, 2.05) is 12.1 Å². The second-order valence-corrected chi connectivity index (χ2v) is 7.51. The summed E-state index contributed by atoms with van der Waals surface area (Å²) in [6.07, 6.45) is -1.04. The number of benzene rings is 2. The number of anilines is 2. The van der Waals surface area contributed by atoms with Crippen LogP contribution in [-0.4, -0.2) is 42.0 Å². The molecule has 1 N–H and O–H groups in total. The van der Waals surface area contributed by atoms with Crippen LogP contribution in [0.15, 0.2) is 53.4 Å². The molecule has 8 heteroatoms. The zero-order valence-corrected chi connectivity index (χ0v) is 16.8. The number of hydrogen-bond donors (Lipinski definition) is 1. The second kappa shape index (κ2) is 8.91. The van der Waals surface area contributed by atoms with Crippen LogP contribution in [0.3, 0.4) is 0 Å². The van der Waals surface area contributed by atoms with Gasteiger partial charge in [0.25, 0.3) is 5.91 Å². The lowest BCUT2D eigenvalue weighted by molar-refractivity contribution is -0.152. The Labute approximate surface area is 172 Å². The lowest BCUT2D eigenvalue weighted by Gasteiger charge is -2.28. The van der Waals surface area contributed by atoms with E-state index in [1.165, 1.54) is 30.5 Å². The highest BCUT2D eigenvalue weighted by molar-refractivity contribution is 8.00. The van der Waals surface area contributed by atoms with E-state index in [9.17, 15) is 19.2 Å². The summed E-state index contributed by atoms with van der Waals surface area (Å²) < 4.78 is 5.21. The normalized spacial score (nSPS) is 14.0. The van der Waals surface area contributed by atoms with Gasteiger partial charge in [0.2, 0.25) is 5.91 Å². The van der Waals surface area contributed by atoms with E-state index < -0.39 is 18.0 Å². The number of fused-ring (bicyclic) bond motifs is 1. The van der Waals surface area contributed by atoms with Gasteiger partial charge in [-0.3, -0.25) is 24.1 Å². The first-order chi connectivity index (χ1) is 13.8. The quantitative estimate of drug-likeness (QED) is 0.579. The highest BCUT2D eigenvalue weighted by Gasteiger charge is 2.28. The molecular weight excluding hydrogens is 392 g/mol. The number of ether oxygens (including phenoxy) is 1. The number of esters is 1. The van der Waals surface area contributed by atoms with Gasteiger partial charge in [0, 0.05) is 16.1 Å². The largest absolute Gasteiger partial charge is 0.451 e. The van der Waals surface area contributed by atoms with Crippen molar-refractivity contribution in [3.63, 3.8) is 0 Å². The third-order valence-corrected chi connectivity index (χ3v) is 5.38. The summed E-state index contributed by atoms with van der Waals surface area (Å²) in [6, 6.07) is 13.7. The molecule has 2 aromatic carbocycles. The number of nitrogens with zero attached hydrogens (tertiary/aromatic N) is 1. The van der Waals surface area contributed by atoms with E-state index in [0.717, 1.165) is 4.90 Å². The lowest BCUT2D eigenvalue weighted by atomic mass is 10.1. The standard InChI is InChI=1S/C21H20N2O5S/c1-13(24)15-7-9-16(10-8-15)22-21(27)14(2)28-20(26)11-23-17-5-3-4-6-18(17)29-12-19(23)25/h3-10,14H,11-12H2,1-2H3,(H,22,27)/t14-/m1/s1. The summed E-state index contributed by atoms with van der Waals surface area (Å²) in [5.74, 6) is -1.19. The molecule has 0 radical (unpaired) electrons. The van der Waals surface area contributed by atoms with Crippen molar-refractivity contribution in [2.24, 2.45) is 0 Å². The number of para-hydroxylation sites is 1. The Balaban J connectivity index is 1.58. The number of carbonyl (C=O) groups excluding carboxylic acids is 4. The number of rotatable bonds is 6. The number of carbonyl (C=O) groups is 4. The number of nitrogens with one attached hydrogen (secondary N) is 1. The molecule has 0 aromatic heterocycles. The van der Waals surface area contributed by atoms with Crippen LogP contribution >= 0.6 is 11.8 Å². The van der Waals surface area contributed by atoms with Crippen molar-refractivity contribution >= 4 is 46.7 Å². The molecule has 7 nitrogen and oxygen atoms in total. The van der Waals surface area contributed by atoms with Gasteiger partial charge < -0.3 is 10.1 Å². The van der Waals surface area contributed by atoms with Crippen molar-refractivity contribution in [3.8, 4) is 0 Å². The van der Waals surface area contributed by atoms with Crippen LogP contribution in [0.25, 0.3) is 0 Å². The molecule has 0 unspecified atom stereocenters. The molecule has 1 atom stereocenters. The Morgan fingerprint density at radius 3 is 2.52 bits per heavy atom. The van der Waals surface area contributed by atoms with Gasteiger partial charge in [-0.25, -0.2) is 0 Å². The van der Waals surface area contributed by atoms with E-state index >= 15 is 0 Å². The molecule has 2 aromatic rings. The van der Waals surface area contributed by atoms with Crippen LogP contribution in [0.4, 0.5) is 11.4 Å². The van der Waals surface area contributed by atoms with Gasteiger partial charge in [0.1, 0.15) is 6.54 Å². The zero-order chi connectivity index (χ0) is 21.0. The molecule has 0 spiro atoms. The summed E-state index contributed by atoms with van der Waals surface area (Å²) in [6.45, 7) is 2.65. The van der Waals surface area contributed by atoms with Crippen molar-refractivity contribution in [2.45, 2.75) is 24.8 Å². The molecule has 1 heterocycles. The van der Waals surface area contributed by atoms with Gasteiger partial charge in [-0.2, -0.15) is 0 Å². The van der Waals surface area contributed by atoms with E-state index in [1.54, 1.807) is 36.4 Å². The maximum Gasteiger partial charge on any atom is 0.326 e. The van der Waals surface area contributed by atoms with Crippen molar-refractivity contribution in [1.29, 1.82) is 0 Å². The Bertz CT molecular complexity index is 958. The molecule has 0 aliphatic carbocycles. The van der Waals surface area contributed by atoms with Crippen LogP contribution in [-0.2, 0) is 19.1 Å². The minimum Gasteiger partial charge on any atom is -0.451 e. The molecule has 0 bridgehead atoms.